The van der Waals surface area contributed by atoms with Crippen LogP contribution in [-0.4, -0.2) is 79.7 Å². The van der Waals surface area contributed by atoms with Crippen LogP contribution in [0.2, 0.25) is 0 Å². The van der Waals surface area contributed by atoms with Gasteiger partial charge in [-0.1, -0.05) is 49.6 Å². The molecule has 2 aliphatic heterocycles. The van der Waals surface area contributed by atoms with Gasteiger partial charge in [-0.15, -0.1) is 24.0 Å². The molecule has 172 valence electrons. The van der Waals surface area contributed by atoms with Crippen molar-refractivity contribution in [3.63, 3.8) is 0 Å². The molecule has 7 nitrogen and oxygen atoms in total. The number of aliphatic imine (C=N–C) groups is 1. The first-order valence-corrected chi connectivity index (χ1v) is 11.4. The van der Waals surface area contributed by atoms with E-state index in [4.69, 9.17) is 4.74 Å². The Hall–Kier alpha value is -1.39. The molecule has 0 radical (unpaired) electrons. The number of carbonyl (C=O) groups excluding carboxylic acids is 1. The van der Waals surface area contributed by atoms with Crippen molar-refractivity contribution in [2.45, 2.75) is 56.8 Å². The van der Waals surface area contributed by atoms with Gasteiger partial charge in [-0.2, -0.15) is 0 Å². The molecule has 3 aliphatic rings. The fourth-order valence-corrected chi connectivity index (χ4v) is 4.96. The maximum Gasteiger partial charge on any atom is 0.239 e. The Bertz CT molecular complexity index is 726. The van der Waals surface area contributed by atoms with Crippen LogP contribution in [0, 0.1) is 0 Å². The lowest BCUT2D eigenvalue weighted by molar-refractivity contribution is -0.120. The first kappa shape index (κ1) is 24.3. The number of morpholine rings is 1. The van der Waals surface area contributed by atoms with Crippen LogP contribution in [0.1, 0.15) is 37.7 Å². The van der Waals surface area contributed by atoms with Gasteiger partial charge < -0.3 is 20.3 Å². The van der Waals surface area contributed by atoms with E-state index >= 15 is 0 Å². The van der Waals surface area contributed by atoms with Crippen molar-refractivity contribution >= 4 is 35.8 Å². The summed E-state index contributed by atoms with van der Waals surface area (Å²) in [4.78, 5) is 21.6. The zero-order chi connectivity index (χ0) is 20.8. The van der Waals surface area contributed by atoms with Crippen LogP contribution in [0.25, 0.3) is 0 Å². The van der Waals surface area contributed by atoms with Crippen LogP contribution in [0.15, 0.2) is 35.3 Å². The Kier molecular flexibility index (Phi) is 9.40. The Balaban J connectivity index is 0.00000272. The summed E-state index contributed by atoms with van der Waals surface area (Å²) in [6.07, 6.45) is 6.11. The predicted octanol–water partition coefficient (Wildman–Crippen LogP) is 2.21. The Morgan fingerprint density at radius 3 is 2.68 bits per heavy atom. The maximum absolute atomic E-state index is 12.4. The number of guanidine groups is 1. The third-order valence-corrected chi connectivity index (χ3v) is 6.53. The summed E-state index contributed by atoms with van der Waals surface area (Å²) in [6.45, 7) is 4.58. The summed E-state index contributed by atoms with van der Waals surface area (Å²) in [5, 5.41) is 6.43. The third-order valence-electron chi connectivity index (χ3n) is 6.53. The second-order valence-electron chi connectivity index (χ2n) is 8.64. The minimum Gasteiger partial charge on any atom is -0.373 e. The molecule has 1 saturated carbocycles. The van der Waals surface area contributed by atoms with Crippen LogP contribution < -0.4 is 10.6 Å². The molecule has 1 aromatic rings. The molecule has 2 saturated heterocycles. The molecule has 1 aromatic carbocycles. The summed E-state index contributed by atoms with van der Waals surface area (Å²) >= 11 is 0. The van der Waals surface area contributed by atoms with Crippen LogP contribution in [-0.2, 0) is 16.1 Å². The Morgan fingerprint density at radius 1 is 1.16 bits per heavy atom. The van der Waals surface area contributed by atoms with Gasteiger partial charge in [0.05, 0.1) is 25.3 Å². The summed E-state index contributed by atoms with van der Waals surface area (Å²) in [6, 6.07) is 11.3. The third kappa shape index (κ3) is 6.55. The molecule has 4 rings (SSSR count). The fraction of sp³-hybridized carbons (Fsp3) is 0.652. The second kappa shape index (κ2) is 12.0. The van der Waals surface area contributed by atoms with Crippen molar-refractivity contribution in [2.75, 3.05) is 39.8 Å². The standard InChI is InChI=1S/C23H35N5O2.HI/c1-24-23(25-14-22(29)26-19-10-6-3-7-11-19)28-16-20-21(17-28)30-13-12-27(20)15-18-8-4-2-5-9-18;/h2,4-5,8-9,19-21H,3,6-7,10-17H2,1H3,(H,24,25)(H,26,29);1H. The molecular weight excluding hydrogens is 505 g/mol. The summed E-state index contributed by atoms with van der Waals surface area (Å²) < 4.78 is 6.08. The first-order valence-electron chi connectivity index (χ1n) is 11.4. The number of hydrogen-bond acceptors (Lipinski definition) is 4. The highest BCUT2D eigenvalue weighted by Gasteiger charge is 2.41. The molecule has 2 unspecified atom stereocenters. The largest absolute Gasteiger partial charge is 0.373 e. The summed E-state index contributed by atoms with van der Waals surface area (Å²) in [5.74, 6) is 0.841. The SMILES string of the molecule is CN=C(NCC(=O)NC1CCCCC1)N1CC2OCCN(Cc3ccccc3)C2C1.I. The van der Waals surface area contributed by atoms with E-state index in [1.807, 2.05) is 0 Å². The van der Waals surface area contributed by atoms with E-state index in [2.05, 4.69) is 55.8 Å². The highest BCUT2D eigenvalue weighted by Crippen LogP contribution is 2.24. The van der Waals surface area contributed by atoms with E-state index in [1.165, 1.54) is 24.8 Å². The van der Waals surface area contributed by atoms with Gasteiger partial charge in [-0.25, -0.2) is 0 Å². The zero-order valence-electron chi connectivity index (χ0n) is 18.5. The van der Waals surface area contributed by atoms with Gasteiger partial charge in [-0.3, -0.25) is 14.7 Å². The summed E-state index contributed by atoms with van der Waals surface area (Å²) in [5.41, 5.74) is 1.33. The average Bonchev–Trinajstić information content (AvgIpc) is 3.21. The number of carbonyl (C=O) groups is 1. The second-order valence-corrected chi connectivity index (χ2v) is 8.64. The van der Waals surface area contributed by atoms with Gasteiger partial charge in [0, 0.05) is 39.3 Å². The van der Waals surface area contributed by atoms with E-state index in [-0.39, 0.29) is 42.5 Å². The van der Waals surface area contributed by atoms with Gasteiger partial charge in [-0.05, 0) is 18.4 Å². The Labute approximate surface area is 203 Å². The number of amides is 1. The number of fused-ring (bicyclic) bond motifs is 1. The minimum absolute atomic E-state index is 0. The van der Waals surface area contributed by atoms with Gasteiger partial charge in [0.25, 0.3) is 0 Å². The lowest BCUT2D eigenvalue weighted by Gasteiger charge is -2.36. The number of nitrogens with zero attached hydrogens (tertiary/aromatic N) is 3. The summed E-state index contributed by atoms with van der Waals surface area (Å²) in [7, 11) is 1.78. The molecule has 2 heterocycles. The topological polar surface area (TPSA) is 69.2 Å². The van der Waals surface area contributed by atoms with Crippen molar-refractivity contribution in [3.05, 3.63) is 35.9 Å². The number of benzene rings is 1. The Morgan fingerprint density at radius 2 is 1.94 bits per heavy atom. The van der Waals surface area contributed by atoms with Gasteiger partial charge in [0.1, 0.15) is 0 Å². The zero-order valence-corrected chi connectivity index (χ0v) is 20.8. The normalized spacial score (nSPS) is 24.9. The molecule has 0 aromatic heterocycles. The quantitative estimate of drug-likeness (QED) is 0.340. The average molecular weight is 541 g/mol. The van der Waals surface area contributed by atoms with Crippen molar-refractivity contribution < 1.29 is 9.53 Å². The predicted molar refractivity (Wildman–Crippen MR) is 134 cm³/mol. The number of rotatable bonds is 5. The van der Waals surface area contributed by atoms with Gasteiger partial charge >= 0.3 is 0 Å². The van der Waals surface area contributed by atoms with Crippen molar-refractivity contribution in [3.8, 4) is 0 Å². The monoisotopic (exact) mass is 541 g/mol. The number of nitrogens with one attached hydrogen (secondary N) is 2. The molecule has 3 fully saturated rings. The van der Waals surface area contributed by atoms with E-state index in [1.54, 1.807) is 7.05 Å². The van der Waals surface area contributed by atoms with Crippen molar-refractivity contribution in [1.29, 1.82) is 0 Å². The molecule has 0 bridgehead atoms. The highest BCUT2D eigenvalue weighted by atomic mass is 127. The number of ether oxygens (including phenoxy) is 1. The van der Waals surface area contributed by atoms with Crippen molar-refractivity contribution in [1.82, 2.24) is 20.4 Å². The van der Waals surface area contributed by atoms with Crippen LogP contribution >= 0.6 is 24.0 Å². The van der Waals surface area contributed by atoms with E-state index in [0.29, 0.717) is 12.1 Å². The van der Waals surface area contributed by atoms with Crippen LogP contribution in [0.4, 0.5) is 0 Å². The van der Waals surface area contributed by atoms with Gasteiger partial charge in [0.15, 0.2) is 5.96 Å². The lowest BCUT2D eigenvalue weighted by Crippen LogP contribution is -2.50. The minimum atomic E-state index is 0. The van der Waals surface area contributed by atoms with E-state index in [0.717, 1.165) is 51.6 Å². The van der Waals surface area contributed by atoms with E-state index in [9.17, 15) is 4.79 Å². The van der Waals surface area contributed by atoms with E-state index < -0.39 is 0 Å². The highest BCUT2D eigenvalue weighted by molar-refractivity contribution is 14.0. The van der Waals surface area contributed by atoms with Crippen molar-refractivity contribution in [2.24, 2.45) is 4.99 Å². The molecule has 1 aliphatic carbocycles. The molecule has 8 heteroatoms. The van der Waals surface area contributed by atoms with Crippen LogP contribution in [0.5, 0.6) is 0 Å². The maximum atomic E-state index is 12.4. The fourth-order valence-electron chi connectivity index (χ4n) is 4.96. The molecule has 2 atom stereocenters. The number of likely N-dealkylation sites (tertiary alicyclic amines) is 1. The molecule has 2 N–H and O–H groups in total. The lowest BCUT2D eigenvalue weighted by atomic mass is 9.95. The molecule has 31 heavy (non-hydrogen) atoms. The van der Waals surface area contributed by atoms with Crippen LogP contribution in [0.3, 0.4) is 0 Å². The molecular formula is C23H36IN5O2. The molecule has 1 amide bonds. The molecule has 0 spiro atoms. The first-order chi connectivity index (χ1) is 14.7. The number of hydrogen-bond donors (Lipinski definition) is 2. The number of halogens is 1. The van der Waals surface area contributed by atoms with Gasteiger partial charge in [0.2, 0.25) is 5.91 Å². The smallest absolute Gasteiger partial charge is 0.239 e.